The van der Waals surface area contributed by atoms with Gasteiger partial charge in [-0.15, -0.1) is 0 Å². The Hall–Kier alpha value is -2.54. The van der Waals surface area contributed by atoms with E-state index in [2.05, 4.69) is 6.07 Å². The van der Waals surface area contributed by atoms with Crippen molar-refractivity contribution in [2.75, 3.05) is 18.6 Å². The Bertz CT molecular complexity index is 701. The number of carbonyl (C=O) groups is 1. The van der Waals surface area contributed by atoms with Crippen LogP contribution in [0.5, 0.6) is 0 Å². The van der Waals surface area contributed by atoms with Gasteiger partial charge in [-0.3, -0.25) is 4.79 Å². The summed E-state index contributed by atoms with van der Waals surface area (Å²) in [5.74, 6) is -0.280. The van der Waals surface area contributed by atoms with Crippen LogP contribution >= 0.6 is 0 Å². The topological polar surface area (TPSA) is 53.3 Å². The van der Waals surface area contributed by atoms with Gasteiger partial charge in [0.15, 0.2) is 0 Å². The minimum Gasteiger partial charge on any atom is -0.468 e. The average Bonchev–Trinajstić information content (AvgIpc) is 2.51. The molecule has 0 saturated carbocycles. The SMILES string of the molecule is COC(=O)CN(c1ccc(C#N)c2ccccc12)C(C)C. The van der Waals surface area contributed by atoms with Crippen LogP contribution in [0.2, 0.25) is 0 Å². The maximum absolute atomic E-state index is 11.6. The number of esters is 1. The number of methoxy groups -OCH3 is 1. The van der Waals surface area contributed by atoms with E-state index < -0.39 is 0 Å². The van der Waals surface area contributed by atoms with E-state index in [0.717, 1.165) is 16.5 Å². The normalized spacial score (nSPS) is 10.4. The molecule has 2 rings (SSSR count). The first-order chi connectivity index (χ1) is 10.1. The first-order valence-electron chi connectivity index (χ1n) is 6.83. The predicted octanol–water partition coefficient (Wildman–Crippen LogP) is 3.10. The van der Waals surface area contributed by atoms with Crippen LogP contribution in [-0.4, -0.2) is 25.7 Å². The minimum absolute atomic E-state index is 0.139. The van der Waals surface area contributed by atoms with Gasteiger partial charge >= 0.3 is 5.97 Å². The lowest BCUT2D eigenvalue weighted by atomic mass is 10.0. The number of benzene rings is 2. The Labute approximate surface area is 124 Å². The molecule has 0 heterocycles. The predicted molar refractivity (Wildman–Crippen MR) is 83.2 cm³/mol. The zero-order valence-electron chi connectivity index (χ0n) is 12.5. The summed E-state index contributed by atoms with van der Waals surface area (Å²) in [6.45, 7) is 4.23. The quantitative estimate of drug-likeness (QED) is 0.809. The highest BCUT2D eigenvalue weighted by Crippen LogP contribution is 2.30. The van der Waals surface area contributed by atoms with Crippen LogP contribution < -0.4 is 4.90 Å². The monoisotopic (exact) mass is 282 g/mol. The third-order valence-corrected chi connectivity index (χ3v) is 3.48. The fourth-order valence-electron chi connectivity index (χ4n) is 2.38. The third-order valence-electron chi connectivity index (χ3n) is 3.48. The van der Waals surface area contributed by atoms with E-state index in [1.165, 1.54) is 7.11 Å². The average molecular weight is 282 g/mol. The highest BCUT2D eigenvalue weighted by atomic mass is 16.5. The summed E-state index contributed by atoms with van der Waals surface area (Å²) >= 11 is 0. The van der Waals surface area contributed by atoms with Crippen LogP contribution in [-0.2, 0) is 9.53 Å². The van der Waals surface area contributed by atoms with Gasteiger partial charge in [0.1, 0.15) is 6.54 Å². The molecule has 2 aromatic rings. The van der Waals surface area contributed by atoms with E-state index in [4.69, 9.17) is 4.74 Å². The zero-order chi connectivity index (χ0) is 15.4. The second kappa shape index (κ2) is 6.27. The molecule has 4 heteroatoms. The van der Waals surface area contributed by atoms with Crippen LogP contribution in [0.3, 0.4) is 0 Å². The molecule has 21 heavy (non-hydrogen) atoms. The van der Waals surface area contributed by atoms with Crippen molar-refractivity contribution in [1.82, 2.24) is 0 Å². The highest BCUT2D eigenvalue weighted by Gasteiger charge is 2.18. The number of nitrogens with zero attached hydrogens (tertiary/aromatic N) is 2. The molecule has 108 valence electrons. The first kappa shape index (κ1) is 14.9. The molecule has 0 radical (unpaired) electrons. The van der Waals surface area contributed by atoms with E-state index in [1.54, 1.807) is 6.07 Å². The van der Waals surface area contributed by atoms with Crippen molar-refractivity contribution in [3.05, 3.63) is 42.0 Å². The lowest BCUT2D eigenvalue weighted by Crippen LogP contribution is -2.36. The van der Waals surface area contributed by atoms with Crippen LogP contribution in [0.25, 0.3) is 10.8 Å². The third kappa shape index (κ3) is 2.97. The smallest absolute Gasteiger partial charge is 0.325 e. The van der Waals surface area contributed by atoms with Crippen LogP contribution in [0.15, 0.2) is 36.4 Å². The molecular formula is C17H18N2O2. The molecule has 0 unspecified atom stereocenters. The molecule has 0 N–H and O–H groups in total. The zero-order valence-corrected chi connectivity index (χ0v) is 12.5. The van der Waals surface area contributed by atoms with Gasteiger partial charge < -0.3 is 9.64 Å². The molecular weight excluding hydrogens is 264 g/mol. The van der Waals surface area contributed by atoms with Gasteiger partial charge in [-0.1, -0.05) is 24.3 Å². The number of ether oxygens (including phenoxy) is 1. The number of hydrogen-bond donors (Lipinski definition) is 0. The second-order valence-corrected chi connectivity index (χ2v) is 5.09. The summed E-state index contributed by atoms with van der Waals surface area (Å²) in [4.78, 5) is 13.6. The van der Waals surface area contributed by atoms with Gasteiger partial charge in [0.05, 0.1) is 18.7 Å². The Morgan fingerprint density at radius 1 is 1.24 bits per heavy atom. The summed E-state index contributed by atoms with van der Waals surface area (Å²) in [6.07, 6.45) is 0. The number of rotatable bonds is 4. The van der Waals surface area contributed by atoms with Crippen molar-refractivity contribution >= 4 is 22.4 Å². The van der Waals surface area contributed by atoms with Crippen molar-refractivity contribution in [1.29, 1.82) is 5.26 Å². The fraction of sp³-hybridized carbons (Fsp3) is 0.294. The van der Waals surface area contributed by atoms with E-state index in [1.807, 2.05) is 49.1 Å². The number of hydrogen-bond acceptors (Lipinski definition) is 4. The van der Waals surface area contributed by atoms with Crippen LogP contribution in [0, 0.1) is 11.3 Å². The summed E-state index contributed by atoms with van der Waals surface area (Å²) in [7, 11) is 1.39. The molecule has 0 fully saturated rings. The summed E-state index contributed by atoms with van der Waals surface area (Å²) in [5.41, 5.74) is 1.57. The molecule has 0 aromatic heterocycles. The van der Waals surface area contributed by atoms with Crippen molar-refractivity contribution in [3.63, 3.8) is 0 Å². The molecule has 0 bridgehead atoms. The second-order valence-electron chi connectivity index (χ2n) is 5.09. The lowest BCUT2D eigenvalue weighted by Gasteiger charge is -2.29. The summed E-state index contributed by atoms with van der Waals surface area (Å²) in [6, 6.07) is 13.8. The van der Waals surface area contributed by atoms with Gasteiger partial charge in [-0.05, 0) is 26.0 Å². The molecule has 0 aliphatic rings. The molecule has 0 saturated heterocycles. The molecule has 0 aliphatic carbocycles. The molecule has 4 nitrogen and oxygen atoms in total. The van der Waals surface area contributed by atoms with Crippen LogP contribution in [0.1, 0.15) is 19.4 Å². The Balaban J connectivity index is 2.59. The van der Waals surface area contributed by atoms with Crippen molar-refractivity contribution < 1.29 is 9.53 Å². The summed E-state index contributed by atoms with van der Waals surface area (Å²) in [5, 5.41) is 11.1. The minimum atomic E-state index is -0.280. The van der Waals surface area contributed by atoms with Crippen molar-refractivity contribution in [3.8, 4) is 6.07 Å². The largest absolute Gasteiger partial charge is 0.468 e. The molecule has 2 aromatic carbocycles. The van der Waals surface area contributed by atoms with Gasteiger partial charge in [0.2, 0.25) is 0 Å². The molecule has 0 spiro atoms. The van der Waals surface area contributed by atoms with E-state index >= 15 is 0 Å². The van der Waals surface area contributed by atoms with Gasteiger partial charge in [0.25, 0.3) is 0 Å². The number of anilines is 1. The lowest BCUT2D eigenvalue weighted by molar-refractivity contribution is -0.139. The Morgan fingerprint density at radius 3 is 2.48 bits per heavy atom. The Morgan fingerprint density at radius 2 is 1.90 bits per heavy atom. The number of nitriles is 1. The highest BCUT2D eigenvalue weighted by molar-refractivity contribution is 5.98. The van der Waals surface area contributed by atoms with Gasteiger partial charge in [0, 0.05) is 22.5 Å². The van der Waals surface area contributed by atoms with Crippen LogP contribution in [0.4, 0.5) is 5.69 Å². The van der Waals surface area contributed by atoms with E-state index in [-0.39, 0.29) is 18.6 Å². The fourth-order valence-corrected chi connectivity index (χ4v) is 2.38. The first-order valence-corrected chi connectivity index (χ1v) is 6.83. The molecule has 0 amide bonds. The van der Waals surface area contributed by atoms with Gasteiger partial charge in [-0.2, -0.15) is 5.26 Å². The maximum atomic E-state index is 11.6. The number of carbonyl (C=O) groups excluding carboxylic acids is 1. The maximum Gasteiger partial charge on any atom is 0.325 e. The standard InChI is InChI=1S/C17H18N2O2/c1-12(2)19(11-17(20)21-3)16-9-8-13(10-18)14-6-4-5-7-15(14)16/h4-9,12H,11H2,1-3H3. The Kier molecular flexibility index (Phi) is 4.44. The van der Waals surface area contributed by atoms with Crippen molar-refractivity contribution in [2.45, 2.75) is 19.9 Å². The van der Waals surface area contributed by atoms with Crippen molar-refractivity contribution in [2.24, 2.45) is 0 Å². The van der Waals surface area contributed by atoms with E-state index in [0.29, 0.717) is 5.56 Å². The summed E-state index contributed by atoms with van der Waals surface area (Å²) < 4.78 is 4.78. The van der Waals surface area contributed by atoms with Gasteiger partial charge in [-0.25, -0.2) is 0 Å². The van der Waals surface area contributed by atoms with E-state index in [9.17, 15) is 10.1 Å². The molecule has 0 atom stereocenters. The number of fused-ring (bicyclic) bond motifs is 1. The molecule has 0 aliphatic heterocycles.